The Labute approximate surface area is 132 Å². The lowest BCUT2D eigenvalue weighted by Gasteiger charge is -2.14. The monoisotopic (exact) mass is 354 g/mol. The van der Waals surface area contributed by atoms with Crippen molar-refractivity contribution in [1.82, 2.24) is 0 Å². The Morgan fingerprint density at radius 3 is 2.70 bits per heavy atom. The number of anilines is 3. The summed E-state index contributed by atoms with van der Waals surface area (Å²) in [5.74, 6) is 0.737. The molecule has 0 saturated heterocycles. The Morgan fingerprint density at radius 1 is 1.25 bits per heavy atom. The minimum atomic E-state index is 0.0996. The summed E-state index contributed by atoms with van der Waals surface area (Å²) in [5, 5.41) is 3.93. The van der Waals surface area contributed by atoms with E-state index in [0.29, 0.717) is 10.7 Å². The van der Waals surface area contributed by atoms with E-state index in [1.807, 2.05) is 44.2 Å². The molecule has 0 spiro atoms. The number of nitrogens with one attached hydrogen (secondary N) is 1. The van der Waals surface area contributed by atoms with E-state index in [9.17, 15) is 0 Å². The van der Waals surface area contributed by atoms with Crippen molar-refractivity contribution < 1.29 is 4.74 Å². The highest BCUT2D eigenvalue weighted by atomic mass is 79.9. The Hall–Kier alpha value is -1.39. The van der Waals surface area contributed by atoms with Gasteiger partial charge < -0.3 is 15.8 Å². The standard InChI is InChI=1S/C15H16BrClN2O/c1-9(2)20-12-7-10(18)6-11(8-12)19-14-5-3-4-13(17)15(14)16/h3-9,19H,18H2,1-2H3. The first-order valence-electron chi connectivity index (χ1n) is 6.24. The van der Waals surface area contributed by atoms with Gasteiger partial charge in [0.2, 0.25) is 0 Å². The molecule has 0 atom stereocenters. The minimum absolute atomic E-state index is 0.0996. The highest BCUT2D eigenvalue weighted by molar-refractivity contribution is 9.10. The number of hydrogen-bond donors (Lipinski definition) is 2. The molecule has 106 valence electrons. The van der Waals surface area contributed by atoms with E-state index in [1.165, 1.54) is 0 Å². The van der Waals surface area contributed by atoms with Crippen molar-refractivity contribution in [2.24, 2.45) is 0 Å². The number of hydrogen-bond acceptors (Lipinski definition) is 3. The fraction of sp³-hybridized carbons (Fsp3) is 0.200. The fourth-order valence-corrected chi connectivity index (χ4v) is 2.33. The van der Waals surface area contributed by atoms with Gasteiger partial charge in [-0.05, 0) is 48.0 Å². The predicted molar refractivity (Wildman–Crippen MR) is 89.1 cm³/mol. The smallest absolute Gasteiger partial charge is 0.123 e. The Bertz CT molecular complexity index is 617. The summed E-state index contributed by atoms with van der Waals surface area (Å²) in [4.78, 5) is 0. The molecule has 0 amide bonds. The zero-order valence-electron chi connectivity index (χ0n) is 11.3. The lowest BCUT2D eigenvalue weighted by atomic mass is 10.2. The molecular formula is C15H16BrClN2O. The molecule has 3 nitrogen and oxygen atoms in total. The normalized spacial score (nSPS) is 10.7. The first-order chi connectivity index (χ1) is 9.45. The van der Waals surface area contributed by atoms with E-state index < -0.39 is 0 Å². The van der Waals surface area contributed by atoms with Crippen molar-refractivity contribution in [3.63, 3.8) is 0 Å². The largest absolute Gasteiger partial charge is 0.491 e. The molecule has 3 N–H and O–H groups in total. The summed E-state index contributed by atoms with van der Waals surface area (Å²) in [7, 11) is 0. The van der Waals surface area contributed by atoms with Crippen LogP contribution in [0.2, 0.25) is 5.02 Å². The molecule has 0 aliphatic heterocycles. The van der Waals surface area contributed by atoms with Gasteiger partial charge in [0, 0.05) is 23.5 Å². The first kappa shape index (κ1) is 15.0. The molecule has 0 bridgehead atoms. The van der Waals surface area contributed by atoms with Gasteiger partial charge in [0.25, 0.3) is 0 Å². The number of nitrogen functional groups attached to an aromatic ring is 1. The van der Waals surface area contributed by atoms with Crippen LogP contribution in [-0.4, -0.2) is 6.10 Å². The maximum absolute atomic E-state index is 6.08. The summed E-state index contributed by atoms with van der Waals surface area (Å²) >= 11 is 9.53. The van der Waals surface area contributed by atoms with Crippen LogP contribution in [0.1, 0.15) is 13.8 Å². The molecule has 0 aliphatic rings. The summed E-state index contributed by atoms with van der Waals surface area (Å²) < 4.78 is 6.48. The van der Waals surface area contributed by atoms with Crippen molar-refractivity contribution in [2.75, 3.05) is 11.1 Å². The van der Waals surface area contributed by atoms with Crippen molar-refractivity contribution in [1.29, 1.82) is 0 Å². The molecule has 0 aromatic heterocycles. The molecule has 0 heterocycles. The van der Waals surface area contributed by atoms with Crippen LogP contribution in [0.5, 0.6) is 5.75 Å². The van der Waals surface area contributed by atoms with Crippen molar-refractivity contribution >= 4 is 44.6 Å². The average molecular weight is 356 g/mol. The van der Waals surface area contributed by atoms with Gasteiger partial charge in [-0.15, -0.1) is 0 Å². The molecule has 0 radical (unpaired) electrons. The number of halogens is 2. The van der Waals surface area contributed by atoms with Crippen LogP contribution in [-0.2, 0) is 0 Å². The maximum atomic E-state index is 6.08. The summed E-state index contributed by atoms with van der Waals surface area (Å²) in [6.07, 6.45) is 0.0996. The zero-order chi connectivity index (χ0) is 14.7. The number of benzene rings is 2. The van der Waals surface area contributed by atoms with Gasteiger partial charge in [0.15, 0.2) is 0 Å². The molecule has 2 aromatic rings. The second kappa shape index (κ2) is 6.37. The third-order valence-corrected chi connectivity index (χ3v) is 3.93. The van der Waals surface area contributed by atoms with E-state index in [1.54, 1.807) is 6.07 Å². The molecule has 2 rings (SSSR count). The van der Waals surface area contributed by atoms with E-state index in [0.717, 1.165) is 21.6 Å². The molecule has 5 heteroatoms. The molecule has 2 aromatic carbocycles. The number of ether oxygens (including phenoxy) is 1. The van der Waals surface area contributed by atoms with Crippen LogP contribution >= 0.6 is 27.5 Å². The van der Waals surface area contributed by atoms with E-state index in [2.05, 4.69) is 21.2 Å². The van der Waals surface area contributed by atoms with Crippen LogP contribution in [0.25, 0.3) is 0 Å². The number of nitrogens with two attached hydrogens (primary N) is 1. The molecule has 0 aliphatic carbocycles. The van der Waals surface area contributed by atoms with Crippen molar-refractivity contribution in [2.45, 2.75) is 20.0 Å². The van der Waals surface area contributed by atoms with Crippen molar-refractivity contribution in [3.05, 3.63) is 45.9 Å². The third-order valence-electron chi connectivity index (χ3n) is 2.53. The van der Waals surface area contributed by atoms with E-state index in [-0.39, 0.29) is 6.10 Å². The average Bonchev–Trinajstić information content (AvgIpc) is 2.33. The van der Waals surface area contributed by atoms with Gasteiger partial charge in [-0.25, -0.2) is 0 Å². The van der Waals surface area contributed by atoms with Gasteiger partial charge >= 0.3 is 0 Å². The fourth-order valence-electron chi connectivity index (χ4n) is 1.79. The Balaban J connectivity index is 2.29. The van der Waals surface area contributed by atoms with Gasteiger partial charge in [0.1, 0.15) is 5.75 Å². The van der Waals surface area contributed by atoms with Crippen LogP contribution in [0.15, 0.2) is 40.9 Å². The molecule has 20 heavy (non-hydrogen) atoms. The lowest BCUT2D eigenvalue weighted by Crippen LogP contribution is -2.06. The van der Waals surface area contributed by atoms with Crippen LogP contribution < -0.4 is 15.8 Å². The van der Waals surface area contributed by atoms with E-state index >= 15 is 0 Å². The number of rotatable bonds is 4. The Morgan fingerprint density at radius 2 is 2.00 bits per heavy atom. The van der Waals surface area contributed by atoms with Crippen LogP contribution in [0.3, 0.4) is 0 Å². The maximum Gasteiger partial charge on any atom is 0.123 e. The second-order valence-electron chi connectivity index (χ2n) is 4.68. The van der Waals surface area contributed by atoms with Gasteiger partial charge in [0.05, 0.1) is 21.3 Å². The molecule has 0 fully saturated rings. The van der Waals surface area contributed by atoms with E-state index in [4.69, 9.17) is 22.1 Å². The van der Waals surface area contributed by atoms with Crippen LogP contribution in [0.4, 0.5) is 17.1 Å². The molecule has 0 unspecified atom stereocenters. The summed E-state index contributed by atoms with van der Waals surface area (Å²) in [6.45, 7) is 3.95. The second-order valence-corrected chi connectivity index (χ2v) is 5.88. The minimum Gasteiger partial charge on any atom is -0.491 e. The molecule has 0 saturated carbocycles. The topological polar surface area (TPSA) is 47.3 Å². The quantitative estimate of drug-likeness (QED) is 0.740. The lowest BCUT2D eigenvalue weighted by molar-refractivity contribution is 0.242. The van der Waals surface area contributed by atoms with Gasteiger partial charge in [-0.3, -0.25) is 0 Å². The zero-order valence-corrected chi connectivity index (χ0v) is 13.6. The van der Waals surface area contributed by atoms with Gasteiger partial charge in [-0.2, -0.15) is 0 Å². The third kappa shape index (κ3) is 3.81. The van der Waals surface area contributed by atoms with Gasteiger partial charge in [-0.1, -0.05) is 17.7 Å². The first-order valence-corrected chi connectivity index (χ1v) is 7.41. The predicted octanol–water partition coefficient (Wildman–Crippen LogP) is 5.22. The summed E-state index contributed by atoms with van der Waals surface area (Å²) in [5.41, 5.74) is 8.27. The SMILES string of the molecule is CC(C)Oc1cc(N)cc(Nc2cccc(Cl)c2Br)c1. The highest BCUT2D eigenvalue weighted by Gasteiger charge is 2.06. The Kier molecular flexibility index (Phi) is 4.78. The highest BCUT2D eigenvalue weighted by Crippen LogP contribution is 2.33. The molecular weight excluding hydrogens is 340 g/mol. The summed E-state index contributed by atoms with van der Waals surface area (Å²) in [6, 6.07) is 11.2. The van der Waals surface area contributed by atoms with Crippen LogP contribution in [0, 0.1) is 0 Å². The van der Waals surface area contributed by atoms with Crippen molar-refractivity contribution in [3.8, 4) is 5.75 Å².